The summed E-state index contributed by atoms with van der Waals surface area (Å²) in [5, 5.41) is 6.10. The molecule has 0 radical (unpaired) electrons. The molecule has 0 fully saturated rings. The quantitative estimate of drug-likeness (QED) is 0.863. The van der Waals surface area contributed by atoms with Crippen LogP contribution in [-0.4, -0.2) is 31.7 Å². The summed E-state index contributed by atoms with van der Waals surface area (Å²) in [6, 6.07) is 3.75. The smallest absolute Gasteiger partial charge is 0.225 e. The number of halogens is 1. The van der Waals surface area contributed by atoms with Gasteiger partial charge >= 0.3 is 0 Å². The van der Waals surface area contributed by atoms with Gasteiger partial charge in [0.2, 0.25) is 5.91 Å². The minimum absolute atomic E-state index is 0.0316. The number of carbonyl (C=O) groups excluding carboxylic acids is 1. The third-order valence-electron chi connectivity index (χ3n) is 2.95. The van der Waals surface area contributed by atoms with E-state index in [1.807, 2.05) is 19.9 Å². The lowest BCUT2D eigenvalue weighted by atomic mass is 10.2. The number of hydrogen-bond donors (Lipinski definition) is 2. The third kappa shape index (κ3) is 3.86. The zero-order chi connectivity index (χ0) is 14.5. The Bertz CT molecular complexity index is 494. The van der Waals surface area contributed by atoms with E-state index in [0.29, 0.717) is 36.8 Å². The third-order valence-corrected chi connectivity index (χ3v) is 3.61. The average Bonchev–Trinajstić information content (AvgIpc) is 2.39. The van der Waals surface area contributed by atoms with E-state index in [2.05, 4.69) is 26.6 Å². The first-order valence-corrected chi connectivity index (χ1v) is 7.51. The lowest BCUT2D eigenvalue weighted by molar-refractivity contribution is -0.116. The predicted octanol–water partition coefficient (Wildman–Crippen LogP) is 2.55. The van der Waals surface area contributed by atoms with Crippen molar-refractivity contribution in [2.45, 2.75) is 26.3 Å². The van der Waals surface area contributed by atoms with Crippen molar-refractivity contribution in [3.05, 3.63) is 16.6 Å². The number of carbonyl (C=O) groups is 1. The van der Waals surface area contributed by atoms with Crippen LogP contribution in [0.1, 0.15) is 20.3 Å². The molecule has 2 N–H and O–H groups in total. The van der Waals surface area contributed by atoms with E-state index in [1.54, 1.807) is 6.07 Å². The summed E-state index contributed by atoms with van der Waals surface area (Å²) in [6.07, 6.45) is 0.425. The largest absolute Gasteiger partial charge is 0.486 e. The van der Waals surface area contributed by atoms with Crippen molar-refractivity contribution >= 4 is 27.5 Å². The van der Waals surface area contributed by atoms with Gasteiger partial charge < -0.3 is 20.1 Å². The molecule has 6 heteroatoms. The molecule has 0 aliphatic carbocycles. The summed E-state index contributed by atoms with van der Waals surface area (Å²) >= 11 is 3.43. The minimum Gasteiger partial charge on any atom is -0.486 e. The molecule has 2 rings (SSSR count). The van der Waals surface area contributed by atoms with Gasteiger partial charge in [-0.2, -0.15) is 0 Å². The number of rotatable bonds is 5. The molecular weight excluding hydrogens is 324 g/mol. The van der Waals surface area contributed by atoms with Crippen LogP contribution in [0.4, 0.5) is 5.69 Å². The Morgan fingerprint density at radius 1 is 1.35 bits per heavy atom. The van der Waals surface area contributed by atoms with E-state index in [-0.39, 0.29) is 11.9 Å². The Balaban J connectivity index is 2.03. The summed E-state index contributed by atoms with van der Waals surface area (Å²) in [5.74, 6) is 1.33. The highest BCUT2D eigenvalue weighted by molar-refractivity contribution is 9.10. The summed E-state index contributed by atoms with van der Waals surface area (Å²) in [4.78, 5) is 12.0. The lowest BCUT2D eigenvalue weighted by Gasteiger charge is -2.20. The highest BCUT2D eigenvalue weighted by atomic mass is 79.9. The Labute approximate surface area is 127 Å². The lowest BCUT2D eigenvalue weighted by Crippen LogP contribution is -2.30. The van der Waals surface area contributed by atoms with Crippen LogP contribution in [-0.2, 0) is 4.79 Å². The van der Waals surface area contributed by atoms with Crippen molar-refractivity contribution in [1.29, 1.82) is 0 Å². The number of nitrogens with one attached hydrogen (secondary N) is 2. The molecule has 1 aliphatic rings. The molecule has 5 nitrogen and oxygen atoms in total. The summed E-state index contributed by atoms with van der Waals surface area (Å²) in [6.45, 7) is 5.93. The number of amides is 1. The Kier molecular flexibility index (Phi) is 5.25. The van der Waals surface area contributed by atoms with E-state index >= 15 is 0 Å². The van der Waals surface area contributed by atoms with Gasteiger partial charge in [0.25, 0.3) is 0 Å². The fourth-order valence-corrected chi connectivity index (χ4v) is 2.48. The zero-order valence-electron chi connectivity index (χ0n) is 11.7. The van der Waals surface area contributed by atoms with E-state index in [1.165, 1.54) is 0 Å². The van der Waals surface area contributed by atoms with Crippen LogP contribution in [0, 0.1) is 0 Å². The maximum Gasteiger partial charge on any atom is 0.225 e. The molecule has 0 spiro atoms. The van der Waals surface area contributed by atoms with E-state index in [9.17, 15) is 4.79 Å². The first-order chi connectivity index (χ1) is 9.60. The van der Waals surface area contributed by atoms with Gasteiger partial charge in [-0.05, 0) is 29.4 Å². The standard InChI is InChI=1S/C14H19BrN2O3/c1-3-16-9(2)6-14(18)17-11-8-13-12(7-10(11)15)19-4-5-20-13/h7-9,16H,3-6H2,1-2H3,(H,17,18). The molecular formula is C14H19BrN2O3. The van der Waals surface area contributed by atoms with E-state index in [4.69, 9.17) is 9.47 Å². The summed E-state index contributed by atoms with van der Waals surface area (Å²) < 4.78 is 11.8. The Morgan fingerprint density at radius 3 is 2.65 bits per heavy atom. The van der Waals surface area contributed by atoms with Crippen LogP contribution >= 0.6 is 15.9 Å². The number of hydrogen-bond acceptors (Lipinski definition) is 4. The van der Waals surface area contributed by atoms with Crippen molar-refractivity contribution in [1.82, 2.24) is 5.32 Å². The molecule has 1 heterocycles. The van der Waals surface area contributed by atoms with Gasteiger partial charge in [0.15, 0.2) is 11.5 Å². The van der Waals surface area contributed by atoms with Gasteiger partial charge in [0.1, 0.15) is 13.2 Å². The first kappa shape index (κ1) is 15.1. The highest BCUT2D eigenvalue weighted by Crippen LogP contribution is 2.38. The molecule has 0 saturated carbocycles. The average molecular weight is 343 g/mol. The first-order valence-electron chi connectivity index (χ1n) is 6.72. The number of anilines is 1. The minimum atomic E-state index is -0.0316. The molecule has 110 valence electrons. The highest BCUT2D eigenvalue weighted by Gasteiger charge is 2.16. The molecule has 1 aliphatic heterocycles. The molecule has 1 unspecified atom stereocenters. The van der Waals surface area contributed by atoms with Crippen LogP contribution in [0.5, 0.6) is 11.5 Å². The van der Waals surface area contributed by atoms with Crippen molar-refractivity contribution in [3.8, 4) is 11.5 Å². The molecule has 0 aromatic heterocycles. The second kappa shape index (κ2) is 6.95. The molecule has 1 aromatic carbocycles. The van der Waals surface area contributed by atoms with Gasteiger partial charge in [-0.1, -0.05) is 6.92 Å². The Morgan fingerprint density at radius 2 is 2.00 bits per heavy atom. The van der Waals surface area contributed by atoms with Crippen LogP contribution in [0.25, 0.3) is 0 Å². The predicted molar refractivity (Wildman–Crippen MR) is 81.5 cm³/mol. The van der Waals surface area contributed by atoms with Crippen molar-refractivity contribution in [2.24, 2.45) is 0 Å². The molecule has 0 bridgehead atoms. The van der Waals surface area contributed by atoms with E-state index in [0.717, 1.165) is 11.0 Å². The van der Waals surface area contributed by atoms with Gasteiger partial charge in [0.05, 0.1) is 5.69 Å². The number of fused-ring (bicyclic) bond motifs is 1. The zero-order valence-corrected chi connectivity index (χ0v) is 13.2. The second-order valence-corrected chi connectivity index (χ2v) is 5.54. The number of benzene rings is 1. The van der Waals surface area contributed by atoms with Crippen LogP contribution in [0.3, 0.4) is 0 Å². The van der Waals surface area contributed by atoms with E-state index < -0.39 is 0 Å². The van der Waals surface area contributed by atoms with Crippen LogP contribution in [0.2, 0.25) is 0 Å². The van der Waals surface area contributed by atoms with Gasteiger partial charge in [0, 0.05) is 29.1 Å². The molecule has 20 heavy (non-hydrogen) atoms. The summed E-state index contributed by atoms with van der Waals surface area (Å²) in [7, 11) is 0. The fraction of sp³-hybridized carbons (Fsp3) is 0.500. The second-order valence-electron chi connectivity index (χ2n) is 4.69. The maximum atomic E-state index is 12.0. The number of ether oxygens (including phenoxy) is 2. The fourth-order valence-electron chi connectivity index (χ4n) is 2.06. The molecule has 1 amide bonds. The topological polar surface area (TPSA) is 59.6 Å². The monoisotopic (exact) mass is 342 g/mol. The van der Waals surface area contributed by atoms with Crippen molar-refractivity contribution in [2.75, 3.05) is 25.1 Å². The van der Waals surface area contributed by atoms with Crippen molar-refractivity contribution in [3.63, 3.8) is 0 Å². The van der Waals surface area contributed by atoms with Crippen LogP contribution < -0.4 is 20.1 Å². The van der Waals surface area contributed by atoms with Gasteiger partial charge in [-0.3, -0.25) is 4.79 Å². The molecule has 1 aromatic rings. The SMILES string of the molecule is CCNC(C)CC(=O)Nc1cc2c(cc1Br)OCCO2. The Hall–Kier alpha value is -1.27. The molecule has 1 atom stereocenters. The van der Waals surface area contributed by atoms with Crippen LogP contribution in [0.15, 0.2) is 16.6 Å². The summed E-state index contributed by atoms with van der Waals surface area (Å²) in [5.41, 5.74) is 0.697. The van der Waals surface area contributed by atoms with Gasteiger partial charge in [-0.15, -0.1) is 0 Å². The van der Waals surface area contributed by atoms with Crippen molar-refractivity contribution < 1.29 is 14.3 Å². The normalized spacial score (nSPS) is 14.8. The molecule has 0 saturated heterocycles. The maximum absolute atomic E-state index is 12.0. The van der Waals surface area contributed by atoms with Gasteiger partial charge in [-0.25, -0.2) is 0 Å².